The van der Waals surface area contributed by atoms with Crippen LogP contribution in [0.2, 0.25) is 0 Å². The molecule has 2 aromatic rings. The molecule has 158 valence electrons. The second-order valence-electron chi connectivity index (χ2n) is 8.20. The number of ether oxygens (including phenoxy) is 1. The molecule has 4 saturated heterocycles. The Labute approximate surface area is 180 Å². The van der Waals surface area contributed by atoms with Crippen molar-refractivity contribution in [2.24, 2.45) is 5.92 Å². The van der Waals surface area contributed by atoms with Gasteiger partial charge in [-0.25, -0.2) is 4.98 Å². The molecular weight excluding hydrogens is 400 g/mol. The summed E-state index contributed by atoms with van der Waals surface area (Å²) >= 11 is 1.55. The summed E-state index contributed by atoms with van der Waals surface area (Å²) in [5.74, 6) is 0.0650. The van der Waals surface area contributed by atoms with Crippen molar-refractivity contribution in [3.05, 3.63) is 46.4 Å². The second kappa shape index (κ2) is 8.35. The average molecular weight is 427 g/mol. The third kappa shape index (κ3) is 3.70. The molecule has 2 atom stereocenters. The van der Waals surface area contributed by atoms with Gasteiger partial charge in [-0.3, -0.25) is 9.59 Å². The summed E-state index contributed by atoms with van der Waals surface area (Å²) in [6.07, 6.45) is 1.79. The molecular formula is C22H26N4O3S. The Morgan fingerprint density at radius 2 is 2.00 bits per heavy atom. The fourth-order valence-electron chi connectivity index (χ4n) is 4.81. The van der Waals surface area contributed by atoms with Gasteiger partial charge in [0.15, 0.2) is 0 Å². The molecule has 0 spiro atoms. The fourth-order valence-corrected chi connectivity index (χ4v) is 5.36. The van der Waals surface area contributed by atoms with Gasteiger partial charge >= 0.3 is 0 Å². The molecule has 4 aliphatic rings. The highest BCUT2D eigenvalue weighted by Gasteiger charge is 2.42. The Balaban J connectivity index is 1.38. The van der Waals surface area contributed by atoms with Gasteiger partial charge in [0, 0.05) is 43.3 Å². The van der Waals surface area contributed by atoms with Gasteiger partial charge in [-0.15, -0.1) is 11.3 Å². The van der Waals surface area contributed by atoms with Gasteiger partial charge in [-0.2, -0.15) is 0 Å². The van der Waals surface area contributed by atoms with E-state index in [1.807, 2.05) is 39.4 Å². The first-order chi connectivity index (χ1) is 14.7. The number of aromatic nitrogens is 1. The van der Waals surface area contributed by atoms with Gasteiger partial charge in [0.05, 0.1) is 42.4 Å². The Bertz CT molecular complexity index is 913. The Morgan fingerprint density at radius 3 is 2.80 bits per heavy atom. The van der Waals surface area contributed by atoms with Gasteiger partial charge < -0.3 is 19.4 Å². The van der Waals surface area contributed by atoms with Gasteiger partial charge in [-0.1, -0.05) is 12.1 Å². The lowest BCUT2D eigenvalue weighted by Gasteiger charge is -2.35. The van der Waals surface area contributed by atoms with E-state index >= 15 is 0 Å². The zero-order valence-corrected chi connectivity index (χ0v) is 17.7. The molecule has 30 heavy (non-hydrogen) atoms. The van der Waals surface area contributed by atoms with Crippen LogP contribution in [0.25, 0.3) is 0 Å². The standard InChI is InChI=1S/C22H26N4O3S/c27-21-16-5-6-18(26(21)12-17-14-30-15-23-17)13-25(11-16)22(28)19-3-1-2-4-20(19)24-7-9-29-10-8-24/h1-4,14-16,18H,5-13H2/t16-,18+/m0/s1. The third-order valence-electron chi connectivity index (χ3n) is 6.38. The molecule has 0 saturated carbocycles. The molecule has 1 aromatic heterocycles. The van der Waals surface area contributed by atoms with Crippen molar-refractivity contribution < 1.29 is 14.3 Å². The van der Waals surface area contributed by atoms with E-state index in [4.69, 9.17) is 4.74 Å². The number of piperidine rings is 1. The Morgan fingerprint density at radius 1 is 1.17 bits per heavy atom. The van der Waals surface area contributed by atoms with Crippen LogP contribution in [-0.2, 0) is 16.1 Å². The number of rotatable bonds is 4. The first-order valence-electron chi connectivity index (χ1n) is 10.6. The highest BCUT2D eigenvalue weighted by Crippen LogP contribution is 2.32. The number of anilines is 1. The van der Waals surface area contributed by atoms with Crippen molar-refractivity contribution in [3.63, 3.8) is 0 Å². The molecule has 8 heteroatoms. The lowest BCUT2D eigenvalue weighted by Crippen LogP contribution is -2.47. The number of benzene rings is 1. The highest BCUT2D eigenvalue weighted by atomic mass is 32.1. The largest absolute Gasteiger partial charge is 0.378 e. The van der Waals surface area contributed by atoms with Gasteiger partial charge in [-0.05, 0) is 25.0 Å². The van der Waals surface area contributed by atoms with E-state index in [1.165, 1.54) is 0 Å². The van der Waals surface area contributed by atoms with Crippen LogP contribution in [0.3, 0.4) is 0 Å². The summed E-state index contributed by atoms with van der Waals surface area (Å²) in [5.41, 5.74) is 4.41. The smallest absolute Gasteiger partial charge is 0.256 e. The van der Waals surface area contributed by atoms with Crippen molar-refractivity contribution in [3.8, 4) is 0 Å². The van der Waals surface area contributed by atoms with Crippen molar-refractivity contribution in [2.75, 3.05) is 44.3 Å². The van der Waals surface area contributed by atoms with Crippen molar-refractivity contribution in [1.29, 1.82) is 0 Å². The first-order valence-corrected chi connectivity index (χ1v) is 11.5. The van der Waals surface area contributed by atoms with E-state index in [0.717, 1.165) is 42.9 Å². The summed E-state index contributed by atoms with van der Waals surface area (Å²) in [6.45, 7) is 4.55. The number of para-hydroxylation sites is 1. The minimum absolute atomic E-state index is 0.0253. The van der Waals surface area contributed by atoms with Crippen molar-refractivity contribution >= 4 is 28.8 Å². The van der Waals surface area contributed by atoms with E-state index in [0.29, 0.717) is 32.8 Å². The molecule has 0 radical (unpaired) electrons. The zero-order chi connectivity index (χ0) is 20.5. The molecule has 2 bridgehead atoms. The number of carbonyl (C=O) groups excluding carboxylic acids is 2. The lowest BCUT2D eigenvalue weighted by molar-refractivity contribution is -0.140. The second-order valence-corrected chi connectivity index (χ2v) is 8.92. The van der Waals surface area contributed by atoms with Crippen LogP contribution in [0, 0.1) is 5.92 Å². The van der Waals surface area contributed by atoms with Crippen LogP contribution in [0.5, 0.6) is 0 Å². The van der Waals surface area contributed by atoms with Crippen LogP contribution >= 0.6 is 11.3 Å². The Kier molecular flexibility index (Phi) is 5.43. The molecule has 0 N–H and O–H groups in total. The topological polar surface area (TPSA) is 66.0 Å². The number of nitrogens with zero attached hydrogens (tertiary/aromatic N) is 4. The van der Waals surface area contributed by atoms with Gasteiger partial charge in [0.1, 0.15) is 0 Å². The summed E-state index contributed by atoms with van der Waals surface area (Å²) in [7, 11) is 0. The minimum Gasteiger partial charge on any atom is -0.378 e. The van der Waals surface area contributed by atoms with Gasteiger partial charge in [0.2, 0.25) is 5.91 Å². The molecule has 1 aromatic carbocycles. The van der Waals surface area contributed by atoms with Crippen LogP contribution < -0.4 is 4.90 Å². The van der Waals surface area contributed by atoms with E-state index in [1.54, 1.807) is 16.8 Å². The minimum atomic E-state index is -0.123. The quantitative estimate of drug-likeness (QED) is 0.750. The van der Waals surface area contributed by atoms with Gasteiger partial charge in [0.25, 0.3) is 5.91 Å². The Hall–Kier alpha value is -2.45. The summed E-state index contributed by atoms with van der Waals surface area (Å²) in [6, 6.07) is 7.88. The zero-order valence-electron chi connectivity index (χ0n) is 16.9. The van der Waals surface area contributed by atoms with E-state index in [2.05, 4.69) is 9.88 Å². The number of amides is 2. The van der Waals surface area contributed by atoms with Crippen LogP contribution in [0.1, 0.15) is 28.9 Å². The predicted molar refractivity (Wildman–Crippen MR) is 115 cm³/mol. The maximum absolute atomic E-state index is 13.6. The summed E-state index contributed by atoms with van der Waals surface area (Å²) in [5, 5.41) is 1.99. The fraction of sp³-hybridized carbons (Fsp3) is 0.500. The maximum atomic E-state index is 13.6. The summed E-state index contributed by atoms with van der Waals surface area (Å²) in [4.78, 5) is 37.1. The number of carbonyl (C=O) groups is 2. The molecule has 4 fully saturated rings. The number of hydrogen-bond acceptors (Lipinski definition) is 6. The molecule has 4 aliphatic heterocycles. The highest BCUT2D eigenvalue weighted by molar-refractivity contribution is 7.07. The summed E-state index contributed by atoms with van der Waals surface area (Å²) < 4.78 is 5.47. The van der Waals surface area contributed by atoms with E-state index in [9.17, 15) is 9.59 Å². The number of thiazole rings is 1. The number of morpholine rings is 1. The number of hydrogen-bond donors (Lipinski definition) is 0. The SMILES string of the molecule is O=C(c1ccccc1N1CCOCC1)N1C[C@@H]2CC[C@H](C1)N(Cc1cscn1)C2=O. The molecule has 5 heterocycles. The number of fused-ring (bicyclic) bond motifs is 4. The molecule has 0 aliphatic carbocycles. The van der Waals surface area contributed by atoms with Crippen molar-refractivity contribution in [1.82, 2.24) is 14.8 Å². The lowest BCUT2D eigenvalue weighted by atomic mass is 9.94. The van der Waals surface area contributed by atoms with Crippen LogP contribution in [-0.4, -0.2) is 72.0 Å². The molecule has 7 nitrogen and oxygen atoms in total. The van der Waals surface area contributed by atoms with Crippen LogP contribution in [0.4, 0.5) is 5.69 Å². The normalized spacial score (nSPS) is 24.3. The third-order valence-corrected chi connectivity index (χ3v) is 7.02. The monoisotopic (exact) mass is 426 g/mol. The molecule has 6 rings (SSSR count). The van der Waals surface area contributed by atoms with E-state index < -0.39 is 0 Å². The maximum Gasteiger partial charge on any atom is 0.256 e. The molecule has 2 amide bonds. The average Bonchev–Trinajstić information content (AvgIpc) is 3.16. The van der Waals surface area contributed by atoms with Crippen LogP contribution in [0.15, 0.2) is 35.2 Å². The van der Waals surface area contributed by atoms with Crippen molar-refractivity contribution in [2.45, 2.75) is 25.4 Å². The molecule has 0 unspecified atom stereocenters. The first kappa shape index (κ1) is 19.5. The predicted octanol–water partition coefficient (Wildman–Crippen LogP) is 2.24. The van der Waals surface area contributed by atoms with E-state index in [-0.39, 0.29) is 23.8 Å².